The van der Waals surface area contributed by atoms with Crippen LogP contribution in [-0.4, -0.2) is 19.7 Å². The number of carbonyl (C=O) groups is 1. The van der Waals surface area contributed by atoms with E-state index in [1.54, 1.807) is 13.0 Å². The van der Waals surface area contributed by atoms with Crippen LogP contribution >= 0.6 is 0 Å². The Morgan fingerprint density at radius 1 is 1.33 bits per heavy atom. The molecule has 0 spiro atoms. The molecule has 3 heteroatoms. The van der Waals surface area contributed by atoms with Crippen LogP contribution in [0.15, 0.2) is 42.0 Å². The summed E-state index contributed by atoms with van der Waals surface area (Å²) in [6.45, 7) is 4.00. The van der Waals surface area contributed by atoms with Crippen LogP contribution in [0.25, 0.3) is 6.08 Å². The summed E-state index contributed by atoms with van der Waals surface area (Å²) in [6.07, 6.45) is 5.64. The van der Waals surface area contributed by atoms with Gasteiger partial charge in [-0.05, 0) is 26.0 Å². The molecule has 0 aromatic heterocycles. The SMILES string of the molecule is CC=Cc1ccccc1OCC=C(C)C(=O)OC. The molecule has 0 aliphatic rings. The van der Waals surface area contributed by atoms with Crippen LogP contribution in [0.5, 0.6) is 5.75 Å². The predicted octanol–water partition coefficient (Wildman–Crippen LogP) is 3.22. The lowest BCUT2D eigenvalue weighted by Gasteiger charge is -2.07. The number of ether oxygens (including phenoxy) is 2. The molecule has 1 rings (SSSR count). The van der Waals surface area contributed by atoms with Gasteiger partial charge >= 0.3 is 5.97 Å². The lowest BCUT2D eigenvalue weighted by molar-refractivity contribution is -0.136. The van der Waals surface area contributed by atoms with Gasteiger partial charge in [0.2, 0.25) is 0 Å². The first-order chi connectivity index (χ1) is 8.69. The topological polar surface area (TPSA) is 35.5 Å². The van der Waals surface area contributed by atoms with Crippen LogP contribution in [0.4, 0.5) is 0 Å². The standard InChI is InChI=1S/C15H18O3/c1-4-7-13-8-5-6-9-14(13)18-11-10-12(2)15(16)17-3/h4-10H,11H2,1-3H3. The van der Waals surface area contributed by atoms with Crippen molar-refractivity contribution in [2.24, 2.45) is 0 Å². The van der Waals surface area contributed by atoms with Gasteiger partial charge in [0.15, 0.2) is 0 Å². The second kappa shape index (κ2) is 7.33. The Hall–Kier alpha value is -2.03. The van der Waals surface area contributed by atoms with Crippen molar-refractivity contribution in [3.8, 4) is 5.75 Å². The monoisotopic (exact) mass is 246 g/mol. The second-order valence-corrected chi connectivity index (χ2v) is 3.73. The van der Waals surface area contributed by atoms with Crippen LogP contribution in [-0.2, 0) is 9.53 Å². The number of benzene rings is 1. The fourth-order valence-electron chi connectivity index (χ4n) is 1.43. The molecule has 0 N–H and O–H groups in total. The predicted molar refractivity (Wildman–Crippen MR) is 72.4 cm³/mol. The highest BCUT2D eigenvalue weighted by atomic mass is 16.5. The van der Waals surface area contributed by atoms with Crippen LogP contribution in [0.3, 0.4) is 0 Å². The summed E-state index contributed by atoms with van der Waals surface area (Å²) in [4.78, 5) is 11.2. The quantitative estimate of drug-likeness (QED) is 0.591. The molecule has 0 amide bonds. The second-order valence-electron chi connectivity index (χ2n) is 3.73. The fourth-order valence-corrected chi connectivity index (χ4v) is 1.43. The number of hydrogen-bond acceptors (Lipinski definition) is 3. The summed E-state index contributed by atoms with van der Waals surface area (Å²) in [7, 11) is 1.36. The van der Waals surface area contributed by atoms with Gasteiger partial charge in [0.25, 0.3) is 0 Å². The molecular weight excluding hydrogens is 228 g/mol. The molecule has 0 saturated carbocycles. The van der Waals surface area contributed by atoms with E-state index in [0.717, 1.165) is 11.3 Å². The number of hydrogen-bond donors (Lipinski definition) is 0. The average Bonchev–Trinajstić information content (AvgIpc) is 2.40. The van der Waals surface area contributed by atoms with Crippen molar-refractivity contribution < 1.29 is 14.3 Å². The fraction of sp³-hybridized carbons (Fsp3) is 0.267. The zero-order valence-corrected chi connectivity index (χ0v) is 11.0. The van der Waals surface area contributed by atoms with Gasteiger partial charge in [-0.2, -0.15) is 0 Å². The zero-order chi connectivity index (χ0) is 13.4. The van der Waals surface area contributed by atoms with Crippen molar-refractivity contribution >= 4 is 12.0 Å². The van der Waals surface area contributed by atoms with Crippen molar-refractivity contribution in [1.29, 1.82) is 0 Å². The zero-order valence-electron chi connectivity index (χ0n) is 11.0. The Kier molecular flexibility index (Phi) is 5.71. The Balaban J connectivity index is 2.67. The van der Waals surface area contributed by atoms with Gasteiger partial charge < -0.3 is 9.47 Å². The maximum absolute atomic E-state index is 11.2. The normalized spacial score (nSPS) is 11.6. The molecule has 96 valence electrons. The van der Waals surface area contributed by atoms with Crippen LogP contribution in [0.2, 0.25) is 0 Å². The van der Waals surface area contributed by atoms with Crippen molar-refractivity contribution in [1.82, 2.24) is 0 Å². The number of rotatable bonds is 5. The van der Waals surface area contributed by atoms with Gasteiger partial charge in [0, 0.05) is 11.1 Å². The minimum absolute atomic E-state index is 0.333. The molecule has 0 aliphatic carbocycles. The molecule has 0 unspecified atom stereocenters. The smallest absolute Gasteiger partial charge is 0.333 e. The number of methoxy groups -OCH3 is 1. The Morgan fingerprint density at radius 2 is 2.06 bits per heavy atom. The third-order valence-electron chi connectivity index (χ3n) is 2.40. The molecule has 0 heterocycles. The summed E-state index contributed by atoms with van der Waals surface area (Å²) in [5.74, 6) is 0.463. The lowest BCUT2D eigenvalue weighted by Crippen LogP contribution is -2.04. The van der Waals surface area contributed by atoms with Crippen molar-refractivity contribution in [3.05, 3.63) is 47.6 Å². The molecule has 3 nitrogen and oxygen atoms in total. The van der Waals surface area contributed by atoms with E-state index in [9.17, 15) is 4.79 Å². The maximum atomic E-state index is 11.2. The number of para-hydroxylation sites is 1. The van der Waals surface area contributed by atoms with E-state index in [4.69, 9.17) is 4.74 Å². The van der Waals surface area contributed by atoms with E-state index < -0.39 is 0 Å². The van der Waals surface area contributed by atoms with Gasteiger partial charge in [0.1, 0.15) is 12.4 Å². The summed E-state index contributed by atoms with van der Waals surface area (Å²) in [6, 6.07) is 7.75. The van der Waals surface area contributed by atoms with Crippen LogP contribution in [0.1, 0.15) is 19.4 Å². The lowest BCUT2D eigenvalue weighted by atomic mass is 10.2. The van der Waals surface area contributed by atoms with E-state index in [1.807, 2.05) is 43.3 Å². The molecule has 0 saturated heterocycles. The Morgan fingerprint density at radius 3 is 2.72 bits per heavy atom. The summed E-state index contributed by atoms with van der Waals surface area (Å²) >= 11 is 0. The highest BCUT2D eigenvalue weighted by Crippen LogP contribution is 2.19. The summed E-state index contributed by atoms with van der Waals surface area (Å²) in [5, 5.41) is 0. The average molecular weight is 246 g/mol. The molecule has 0 fully saturated rings. The first kappa shape index (κ1) is 14.0. The Bertz CT molecular complexity index is 459. The van der Waals surface area contributed by atoms with Gasteiger partial charge in [-0.1, -0.05) is 30.4 Å². The molecular formula is C15H18O3. The highest BCUT2D eigenvalue weighted by Gasteiger charge is 2.03. The third kappa shape index (κ3) is 4.09. The third-order valence-corrected chi connectivity index (χ3v) is 2.40. The van der Waals surface area contributed by atoms with Gasteiger partial charge in [-0.25, -0.2) is 4.79 Å². The van der Waals surface area contributed by atoms with E-state index in [-0.39, 0.29) is 5.97 Å². The van der Waals surface area contributed by atoms with E-state index >= 15 is 0 Å². The largest absolute Gasteiger partial charge is 0.489 e. The van der Waals surface area contributed by atoms with Crippen LogP contribution in [0, 0.1) is 0 Å². The molecule has 0 bridgehead atoms. The van der Waals surface area contributed by atoms with E-state index in [0.29, 0.717) is 12.2 Å². The Labute approximate surface area is 108 Å². The molecule has 0 atom stereocenters. The van der Waals surface area contributed by atoms with Crippen molar-refractivity contribution in [2.75, 3.05) is 13.7 Å². The molecule has 18 heavy (non-hydrogen) atoms. The number of esters is 1. The van der Waals surface area contributed by atoms with Gasteiger partial charge in [-0.15, -0.1) is 0 Å². The highest BCUT2D eigenvalue weighted by molar-refractivity contribution is 5.87. The molecule has 0 aliphatic heterocycles. The minimum Gasteiger partial charge on any atom is -0.489 e. The first-order valence-electron chi connectivity index (χ1n) is 5.78. The molecule has 0 radical (unpaired) electrons. The summed E-state index contributed by atoms with van der Waals surface area (Å²) in [5.41, 5.74) is 1.56. The van der Waals surface area contributed by atoms with E-state index in [1.165, 1.54) is 7.11 Å². The molecule has 1 aromatic rings. The van der Waals surface area contributed by atoms with Crippen molar-refractivity contribution in [3.63, 3.8) is 0 Å². The van der Waals surface area contributed by atoms with Gasteiger partial charge in [-0.3, -0.25) is 0 Å². The first-order valence-corrected chi connectivity index (χ1v) is 5.78. The van der Waals surface area contributed by atoms with Gasteiger partial charge in [0.05, 0.1) is 7.11 Å². The van der Waals surface area contributed by atoms with Crippen molar-refractivity contribution in [2.45, 2.75) is 13.8 Å². The minimum atomic E-state index is -0.333. The van der Waals surface area contributed by atoms with E-state index in [2.05, 4.69) is 4.74 Å². The number of carbonyl (C=O) groups excluding carboxylic acids is 1. The number of allylic oxidation sites excluding steroid dienone is 1. The maximum Gasteiger partial charge on any atom is 0.333 e. The summed E-state index contributed by atoms with van der Waals surface area (Å²) < 4.78 is 10.2. The van der Waals surface area contributed by atoms with Crippen LogP contribution < -0.4 is 4.74 Å². The molecule has 1 aromatic carbocycles.